The first kappa shape index (κ1) is 16.7. The van der Waals surface area contributed by atoms with E-state index in [1.54, 1.807) is 11.8 Å². The number of amides is 2. The third kappa shape index (κ3) is 4.01. The first-order chi connectivity index (χ1) is 11.2. The Hall–Kier alpha value is -1.20. The molecule has 3 rings (SSSR count). The number of nitrogens with zero attached hydrogens (tertiary/aromatic N) is 1. The van der Waals surface area contributed by atoms with Gasteiger partial charge in [-0.1, -0.05) is 31.4 Å². The summed E-state index contributed by atoms with van der Waals surface area (Å²) in [6, 6.07) is 8.04. The lowest BCUT2D eigenvalue weighted by molar-refractivity contribution is -0.123. The van der Waals surface area contributed by atoms with Crippen LogP contribution in [0.5, 0.6) is 0 Å². The standard InChI is InChI=1S/C18H21NO2S2/c1-22-15-9-7-13(8-10-15)11-16-17(20)19(18(21)23-16)12-14-5-3-2-4-6-14/h7-11,14H,2-6,12H2,1H3/b16-11+. The number of rotatable bonds is 4. The van der Waals surface area contributed by atoms with Gasteiger partial charge in [0.2, 0.25) is 0 Å². The van der Waals surface area contributed by atoms with Gasteiger partial charge in [-0.3, -0.25) is 14.5 Å². The van der Waals surface area contributed by atoms with Gasteiger partial charge in [0.15, 0.2) is 0 Å². The Bertz CT molecular complexity index is 618. The van der Waals surface area contributed by atoms with Crippen molar-refractivity contribution in [2.24, 2.45) is 5.92 Å². The van der Waals surface area contributed by atoms with E-state index in [2.05, 4.69) is 0 Å². The Morgan fingerprint density at radius 1 is 1.17 bits per heavy atom. The van der Waals surface area contributed by atoms with Crippen LogP contribution in [0.15, 0.2) is 34.1 Å². The van der Waals surface area contributed by atoms with Crippen LogP contribution in [0.4, 0.5) is 4.79 Å². The van der Waals surface area contributed by atoms with Gasteiger partial charge >= 0.3 is 0 Å². The first-order valence-corrected chi connectivity index (χ1v) is 10.1. The molecule has 1 aromatic carbocycles. The lowest BCUT2D eigenvalue weighted by Gasteiger charge is -2.25. The fourth-order valence-electron chi connectivity index (χ4n) is 3.14. The van der Waals surface area contributed by atoms with Crippen molar-refractivity contribution in [2.45, 2.75) is 37.0 Å². The summed E-state index contributed by atoms with van der Waals surface area (Å²) in [6.45, 7) is 0.591. The molecule has 1 saturated heterocycles. The summed E-state index contributed by atoms with van der Waals surface area (Å²) in [5.74, 6) is 0.358. The molecule has 1 aromatic rings. The largest absolute Gasteiger partial charge is 0.293 e. The molecular formula is C18H21NO2S2. The van der Waals surface area contributed by atoms with Crippen LogP contribution in [0.25, 0.3) is 6.08 Å². The Morgan fingerprint density at radius 2 is 1.87 bits per heavy atom. The molecule has 2 aliphatic rings. The number of imide groups is 1. The summed E-state index contributed by atoms with van der Waals surface area (Å²) in [6.07, 6.45) is 9.86. The maximum atomic E-state index is 12.5. The number of hydrogen-bond donors (Lipinski definition) is 0. The average molecular weight is 348 g/mol. The fraction of sp³-hybridized carbons (Fsp3) is 0.444. The Kier molecular flexibility index (Phi) is 5.49. The van der Waals surface area contributed by atoms with E-state index in [9.17, 15) is 9.59 Å². The predicted octanol–water partition coefficient (Wildman–Crippen LogP) is 5.03. The molecule has 1 saturated carbocycles. The highest BCUT2D eigenvalue weighted by Gasteiger charge is 2.36. The maximum Gasteiger partial charge on any atom is 0.293 e. The summed E-state index contributed by atoms with van der Waals surface area (Å²) < 4.78 is 0. The van der Waals surface area contributed by atoms with Crippen LogP contribution in [-0.2, 0) is 4.79 Å². The zero-order valence-corrected chi connectivity index (χ0v) is 14.9. The van der Waals surface area contributed by atoms with Crippen LogP contribution in [0.2, 0.25) is 0 Å². The maximum absolute atomic E-state index is 12.5. The lowest BCUT2D eigenvalue weighted by atomic mass is 9.89. The third-order valence-corrected chi connectivity index (χ3v) is 6.10. The van der Waals surface area contributed by atoms with Gasteiger partial charge < -0.3 is 0 Å². The van der Waals surface area contributed by atoms with Crippen LogP contribution in [0.1, 0.15) is 37.7 Å². The van der Waals surface area contributed by atoms with Crippen molar-refractivity contribution in [1.29, 1.82) is 0 Å². The smallest absolute Gasteiger partial charge is 0.268 e. The molecule has 122 valence electrons. The van der Waals surface area contributed by atoms with Crippen molar-refractivity contribution in [3.05, 3.63) is 34.7 Å². The Balaban J connectivity index is 1.70. The quantitative estimate of drug-likeness (QED) is 0.566. The van der Waals surface area contributed by atoms with E-state index >= 15 is 0 Å². The fourth-order valence-corrected chi connectivity index (χ4v) is 4.39. The van der Waals surface area contributed by atoms with Crippen molar-refractivity contribution < 1.29 is 9.59 Å². The lowest BCUT2D eigenvalue weighted by Crippen LogP contribution is -2.34. The van der Waals surface area contributed by atoms with Crippen molar-refractivity contribution in [3.8, 4) is 0 Å². The third-order valence-electron chi connectivity index (χ3n) is 4.45. The highest BCUT2D eigenvalue weighted by Crippen LogP contribution is 2.34. The van der Waals surface area contributed by atoms with Crippen LogP contribution in [-0.4, -0.2) is 28.8 Å². The summed E-state index contributed by atoms with van der Waals surface area (Å²) in [5.41, 5.74) is 0.964. The minimum Gasteiger partial charge on any atom is -0.268 e. The Morgan fingerprint density at radius 3 is 2.52 bits per heavy atom. The summed E-state index contributed by atoms with van der Waals surface area (Å²) >= 11 is 2.75. The highest BCUT2D eigenvalue weighted by atomic mass is 32.2. The van der Waals surface area contributed by atoms with E-state index in [1.165, 1.54) is 29.1 Å². The minimum atomic E-state index is -0.125. The summed E-state index contributed by atoms with van der Waals surface area (Å²) in [7, 11) is 0. The van der Waals surface area contributed by atoms with Crippen molar-refractivity contribution in [2.75, 3.05) is 12.8 Å². The molecule has 2 amide bonds. The van der Waals surface area contributed by atoms with Crippen molar-refractivity contribution in [3.63, 3.8) is 0 Å². The molecule has 0 unspecified atom stereocenters. The molecule has 5 heteroatoms. The molecule has 0 spiro atoms. The zero-order chi connectivity index (χ0) is 16.2. The van der Waals surface area contributed by atoms with Gasteiger partial charge in [-0.15, -0.1) is 11.8 Å². The first-order valence-electron chi connectivity index (χ1n) is 8.07. The molecule has 1 aliphatic heterocycles. The molecule has 3 nitrogen and oxygen atoms in total. The van der Waals surface area contributed by atoms with Gasteiger partial charge in [-0.2, -0.15) is 0 Å². The van der Waals surface area contributed by atoms with Crippen LogP contribution in [0, 0.1) is 5.92 Å². The molecular weight excluding hydrogens is 326 g/mol. The van der Waals surface area contributed by atoms with Crippen LogP contribution in [0.3, 0.4) is 0 Å². The molecule has 0 bridgehead atoms. The predicted molar refractivity (Wildman–Crippen MR) is 97.5 cm³/mol. The number of carbonyl (C=O) groups excluding carboxylic acids is 2. The second kappa shape index (κ2) is 7.58. The average Bonchev–Trinajstić information content (AvgIpc) is 2.84. The van der Waals surface area contributed by atoms with Gasteiger partial charge in [-0.25, -0.2) is 0 Å². The molecule has 23 heavy (non-hydrogen) atoms. The molecule has 0 atom stereocenters. The van der Waals surface area contributed by atoms with E-state index in [0.717, 1.165) is 30.2 Å². The van der Waals surface area contributed by atoms with Gasteiger partial charge in [0.1, 0.15) is 0 Å². The normalized spacial score (nSPS) is 21.4. The number of thioether (sulfide) groups is 2. The van der Waals surface area contributed by atoms with E-state index in [-0.39, 0.29) is 11.1 Å². The monoisotopic (exact) mass is 347 g/mol. The van der Waals surface area contributed by atoms with Crippen molar-refractivity contribution >= 4 is 40.7 Å². The van der Waals surface area contributed by atoms with E-state index in [4.69, 9.17) is 0 Å². The molecule has 1 aliphatic carbocycles. The number of benzene rings is 1. The molecule has 2 fully saturated rings. The SMILES string of the molecule is CSc1ccc(/C=C2/SC(=O)N(CC3CCCCC3)C2=O)cc1. The molecule has 1 heterocycles. The minimum absolute atomic E-state index is 0.118. The topological polar surface area (TPSA) is 37.4 Å². The number of carbonyl (C=O) groups is 2. The second-order valence-corrected chi connectivity index (χ2v) is 7.94. The Labute approximate surface area is 145 Å². The molecule has 0 N–H and O–H groups in total. The van der Waals surface area contributed by atoms with Crippen LogP contribution < -0.4 is 0 Å². The van der Waals surface area contributed by atoms with E-state index < -0.39 is 0 Å². The highest BCUT2D eigenvalue weighted by molar-refractivity contribution is 8.18. The van der Waals surface area contributed by atoms with Gasteiger partial charge in [0.05, 0.1) is 4.91 Å². The second-order valence-electron chi connectivity index (χ2n) is 6.07. The van der Waals surface area contributed by atoms with E-state index in [0.29, 0.717) is 17.4 Å². The van der Waals surface area contributed by atoms with Gasteiger partial charge in [0, 0.05) is 11.4 Å². The van der Waals surface area contributed by atoms with Gasteiger partial charge in [-0.05, 0) is 60.5 Å². The van der Waals surface area contributed by atoms with Gasteiger partial charge in [0.25, 0.3) is 11.1 Å². The summed E-state index contributed by atoms with van der Waals surface area (Å²) in [4.78, 5) is 27.9. The van der Waals surface area contributed by atoms with E-state index in [1.807, 2.05) is 36.6 Å². The molecule has 0 aromatic heterocycles. The molecule has 0 radical (unpaired) electrons. The van der Waals surface area contributed by atoms with Crippen molar-refractivity contribution in [1.82, 2.24) is 4.90 Å². The van der Waals surface area contributed by atoms with Crippen LogP contribution >= 0.6 is 23.5 Å². The zero-order valence-electron chi connectivity index (χ0n) is 13.3. The summed E-state index contributed by atoms with van der Waals surface area (Å²) in [5, 5.41) is -0.118. The number of hydrogen-bond acceptors (Lipinski definition) is 4.